The van der Waals surface area contributed by atoms with E-state index in [2.05, 4.69) is 66.6 Å². The van der Waals surface area contributed by atoms with Crippen LogP contribution < -0.4 is 0 Å². The van der Waals surface area contributed by atoms with Crippen LogP contribution in [0.1, 0.15) is 73.0 Å². The second kappa shape index (κ2) is 9.61. The van der Waals surface area contributed by atoms with E-state index in [1.165, 1.54) is 60.0 Å². The van der Waals surface area contributed by atoms with E-state index in [0.29, 0.717) is 5.17 Å². The lowest BCUT2D eigenvalue weighted by Gasteiger charge is -2.20. The third-order valence-electron chi connectivity index (χ3n) is 7.36. The Bertz CT molecular complexity index is 1290. The number of amidine groups is 2. The lowest BCUT2D eigenvalue weighted by atomic mass is 9.86. The Morgan fingerprint density at radius 2 is 1.89 bits per heavy atom. The molecule has 182 valence electrons. The first-order valence-electron chi connectivity index (χ1n) is 12.6. The summed E-state index contributed by atoms with van der Waals surface area (Å²) in [7, 11) is 0. The second-order valence-corrected chi connectivity index (χ2v) is 11.0. The van der Waals surface area contributed by atoms with Crippen molar-refractivity contribution in [2.75, 3.05) is 0 Å². The maximum Gasteiger partial charge on any atom is 0.283 e. The number of hydrogen-bond donors (Lipinski definition) is 1. The molecular weight excluding hydrogens is 454 g/mol. The SMILES string of the molecule is Cc1ccc(C)c(-n2c(C)cc(/C=C3\C(=N)N4N=C(CCC5CCCCC5)SC4=NC3=O)c2C)c1. The first kappa shape index (κ1) is 23.8. The van der Waals surface area contributed by atoms with Gasteiger partial charge in [-0.2, -0.15) is 15.1 Å². The van der Waals surface area contributed by atoms with E-state index in [1.807, 2.05) is 0 Å². The molecule has 1 saturated carbocycles. The molecule has 2 aliphatic heterocycles. The standard InChI is InChI=1S/C28H33N5OS/c1-17-10-11-18(2)24(14-17)32-19(3)15-22(20(32)4)16-23-26(29)33-28(30-27(23)34)35-25(31-33)13-12-21-8-6-5-7-9-21/h10-11,14-16,21,29H,5-9,12-13H2,1-4H3/b23-16+,29-26?. The molecule has 0 spiro atoms. The summed E-state index contributed by atoms with van der Waals surface area (Å²) in [5.74, 6) is 0.515. The number of carbonyl (C=O) groups is 1. The van der Waals surface area contributed by atoms with Gasteiger partial charge < -0.3 is 4.57 Å². The highest BCUT2D eigenvalue weighted by Gasteiger charge is 2.36. The van der Waals surface area contributed by atoms with Crippen molar-refractivity contribution in [2.24, 2.45) is 16.0 Å². The first-order chi connectivity index (χ1) is 16.8. The van der Waals surface area contributed by atoms with Gasteiger partial charge in [-0.25, -0.2) is 0 Å². The molecule has 0 bridgehead atoms. The van der Waals surface area contributed by atoms with Gasteiger partial charge in [-0.05, 0) is 93.1 Å². The molecule has 3 aliphatic rings. The van der Waals surface area contributed by atoms with E-state index in [1.54, 1.807) is 6.08 Å². The van der Waals surface area contributed by atoms with Crippen LogP contribution in [-0.4, -0.2) is 31.5 Å². The summed E-state index contributed by atoms with van der Waals surface area (Å²) in [5.41, 5.74) is 6.85. The highest BCUT2D eigenvalue weighted by Crippen LogP contribution is 2.34. The number of nitrogens with one attached hydrogen (secondary N) is 1. The van der Waals surface area contributed by atoms with Gasteiger partial charge in [-0.15, -0.1) is 0 Å². The molecule has 5 rings (SSSR count). The number of fused-ring (bicyclic) bond motifs is 1. The molecule has 0 saturated heterocycles. The molecule has 0 atom stereocenters. The van der Waals surface area contributed by atoms with Gasteiger partial charge in [0.1, 0.15) is 5.04 Å². The van der Waals surface area contributed by atoms with Crippen molar-refractivity contribution in [3.8, 4) is 5.69 Å². The Balaban J connectivity index is 1.40. The third-order valence-corrected chi connectivity index (χ3v) is 8.33. The average Bonchev–Trinajstić information content (AvgIpc) is 3.37. The first-order valence-corrected chi connectivity index (χ1v) is 13.4. The Morgan fingerprint density at radius 1 is 1.11 bits per heavy atom. The number of thioether (sulfide) groups is 1. The Kier molecular flexibility index (Phi) is 6.53. The highest BCUT2D eigenvalue weighted by atomic mass is 32.2. The molecule has 1 aromatic carbocycles. The maximum absolute atomic E-state index is 12.9. The van der Waals surface area contributed by atoms with E-state index in [-0.39, 0.29) is 17.3 Å². The van der Waals surface area contributed by atoms with Crippen LogP contribution >= 0.6 is 11.8 Å². The van der Waals surface area contributed by atoms with Crippen LogP contribution in [0.15, 0.2) is 39.9 Å². The molecule has 0 radical (unpaired) electrons. The lowest BCUT2D eigenvalue weighted by molar-refractivity contribution is -0.114. The monoisotopic (exact) mass is 487 g/mol. The highest BCUT2D eigenvalue weighted by molar-refractivity contribution is 8.26. The number of hydrogen-bond acceptors (Lipinski definition) is 4. The van der Waals surface area contributed by atoms with Crippen molar-refractivity contribution in [3.63, 3.8) is 0 Å². The summed E-state index contributed by atoms with van der Waals surface area (Å²) in [5, 5.41) is 16.4. The van der Waals surface area contributed by atoms with Gasteiger partial charge in [0, 0.05) is 17.1 Å². The molecule has 3 heterocycles. The number of rotatable bonds is 5. The molecule has 35 heavy (non-hydrogen) atoms. The summed E-state index contributed by atoms with van der Waals surface area (Å²) < 4.78 is 2.22. The maximum atomic E-state index is 12.9. The molecule has 1 fully saturated rings. The quantitative estimate of drug-likeness (QED) is 0.477. The van der Waals surface area contributed by atoms with Crippen molar-refractivity contribution in [1.82, 2.24) is 9.58 Å². The Morgan fingerprint density at radius 3 is 2.66 bits per heavy atom. The predicted octanol–water partition coefficient (Wildman–Crippen LogP) is 6.69. The third kappa shape index (κ3) is 4.66. The van der Waals surface area contributed by atoms with Crippen LogP contribution in [0.5, 0.6) is 0 Å². The van der Waals surface area contributed by atoms with Crippen molar-refractivity contribution in [3.05, 3.63) is 57.9 Å². The summed E-state index contributed by atoms with van der Waals surface area (Å²) in [6.45, 7) is 8.33. The fourth-order valence-corrected chi connectivity index (χ4v) is 6.26. The topological polar surface area (TPSA) is 73.8 Å². The van der Waals surface area contributed by atoms with Crippen LogP contribution in [-0.2, 0) is 4.79 Å². The molecule has 2 aromatic rings. The zero-order chi connectivity index (χ0) is 24.7. The van der Waals surface area contributed by atoms with Gasteiger partial charge in [0.15, 0.2) is 5.84 Å². The van der Waals surface area contributed by atoms with Gasteiger partial charge in [-0.1, -0.05) is 44.2 Å². The van der Waals surface area contributed by atoms with Crippen molar-refractivity contribution in [2.45, 2.75) is 72.6 Å². The summed E-state index contributed by atoms with van der Waals surface area (Å²) >= 11 is 1.44. The van der Waals surface area contributed by atoms with E-state index in [0.717, 1.165) is 46.4 Å². The number of aromatic nitrogens is 1. The van der Waals surface area contributed by atoms with Crippen LogP contribution in [0, 0.1) is 39.0 Å². The Hall–Kier alpha value is -2.93. The number of carbonyl (C=O) groups excluding carboxylic acids is 1. The number of aryl methyl sites for hydroxylation is 3. The zero-order valence-electron chi connectivity index (χ0n) is 21.0. The molecular formula is C28H33N5OS. The molecule has 1 aromatic heterocycles. The van der Waals surface area contributed by atoms with Crippen LogP contribution in [0.4, 0.5) is 0 Å². The van der Waals surface area contributed by atoms with Crippen LogP contribution in [0.25, 0.3) is 11.8 Å². The number of benzene rings is 1. The molecule has 1 N–H and O–H groups in total. The molecule has 6 nitrogen and oxygen atoms in total. The minimum absolute atomic E-state index is 0.108. The smallest absolute Gasteiger partial charge is 0.283 e. The fraction of sp³-hybridized carbons (Fsp3) is 0.429. The van der Waals surface area contributed by atoms with E-state index >= 15 is 0 Å². The number of aliphatic imine (C=N–C) groups is 1. The number of amides is 1. The number of hydrazone groups is 1. The van der Waals surface area contributed by atoms with Gasteiger partial charge in [0.25, 0.3) is 5.91 Å². The normalized spacial score (nSPS) is 19.9. The predicted molar refractivity (Wildman–Crippen MR) is 146 cm³/mol. The van der Waals surface area contributed by atoms with Gasteiger partial charge in [-0.3, -0.25) is 10.2 Å². The number of nitrogens with zero attached hydrogens (tertiary/aromatic N) is 4. The molecule has 7 heteroatoms. The molecule has 1 aliphatic carbocycles. The van der Waals surface area contributed by atoms with Gasteiger partial charge >= 0.3 is 0 Å². The largest absolute Gasteiger partial charge is 0.318 e. The van der Waals surface area contributed by atoms with E-state index in [9.17, 15) is 4.79 Å². The molecule has 1 amide bonds. The van der Waals surface area contributed by atoms with Crippen LogP contribution in [0.3, 0.4) is 0 Å². The van der Waals surface area contributed by atoms with Crippen molar-refractivity contribution >= 4 is 39.8 Å². The average molecular weight is 488 g/mol. The zero-order valence-corrected chi connectivity index (χ0v) is 21.8. The summed E-state index contributed by atoms with van der Waals surface area (Å²) in [6, 6.07) is 8.50. The second-order valence-electron chi connectivity index (χ2n) is 10.0. The van der Waals surface area contributed by atoms with Crippen molar-refractivity contribution < 1.29 is 4.79 Å². The summed E-state index contributed by atoms with van der Waals surface area (Å²) in [4.78, 5) is 17.2. The Labute approximate surface area is 211 Å². The fourth-order valence-electron chi connectivity index (χ4n) is 5.36. The lowest BCUT2D eigenvalue weighted by Crippen LogP contribution is -2.35. The van der Waals surface area contributed by atoms with Crippen LogP contribution in [0.2, 0.25) is 0 Å². The molecule has 0 unspecified atom stereocenters. The minimum atomic E-state index is -0.367. The van der Waals surface area contributed by atoms with E-state index < -0.39 is 0 Å². The van der Waals surface area contributed by atoms with Gasteiger partial charge in [0.05, 0.1) is 5.57 Å². The summed E-state index contributed by atoms with van der Waals surface area (Å²) in [6.07, 6.45) is 10.5. The van der Waals surface area contributed by atoms with E-state index in [4.69, 9.17) is 5.41 Å². The van der Waals surface area contributed by atoms with Gasteiger partial charge in [0.2, 0.25) is 5.17 Å². The van der Waals surface area contributed by atoms with Crippen molar-refractivity contribution in [1.29, 1.82) is 5.41 Å². The minimum Gasteiger partial charge on any atom is -0.318 e.